The Kier molecular flexibility index (Phi) is 6.74. The Labute approximate surface area is 161 Å². The third kappa shape index (κ3) is 5.78. The minimum atomic E-state index is 0.278. The number of aromatic nitrogens is 3. The average molecular weight is 361 g/mol. The van der Waals surface area contributed by atoms with Crippen LogP contribution < -0.4 is 10.2 Å². The molecule has 0 aliphatic carbocycles. The maximum atomic E-state index is 4.68. The van der Waals surface area contributed by atoms with E-state index in [2.05, 4.69) is 87.8 Å². The molecule has 1 aromatic heterocycles. The maximum Gasteiger partial charge on any atom is 0.247 e. The summed E-state index contributed by atoms with van der Waals surface area (Å²) < 4.78 is 0. The first-order valence-corrected chi connectivity index (χ1v) is 9.50. The number of aryl methyl sites for hydroxylation is 1. The Hall–Kier alpha value is -2.95. The van der Waals surface area contributed by atoms with E-state index in [1.807, 2.05) is 12.1 Å². The van der Waals surface area contributed by atoms with E-state index in [0.29, 0.717) is 5.95 Å². The van der Waals surface area contributed by atoms with Crippen molar-refractivity contribution >= 4 is 11.8 Å². The summed E-state index contributed by atoms with van der Waals surface area (Å²) in [5.74, 6) is 1.42. The summed E-state index contributed by atoms with van der Waals surface area (Å²) in [5, 5.41) is 11.8. The highest BCUT2D eigenvalue weighted by atomic mass is 15.3. The van der Waals surface area contributed by atoms with Crippen LogP contribution in [0.5, 0.6) is 0 Å². The first-order chi connectivity index (χ1) is 13.2. The molecule has 140 valence electrons. The van der Waals surface area contributed by atoms with Crippen molar-refractivity contribution in [2.24, 2.45) is 0 Å². The lowest BCUT2D eigenvalue weighted by molar-refractivity contribution is 0.652. The van der Waals surface area contributed by atoms with Crippen molar-refractivity contribution in [3.05, 3.63) is 78.0 Å². The molecule has 0 aliphatic rings. The van der Waals surface area contributed by atoms with Gasteiger partial charge in [0.2, 0.25) is 5.95 Å². The highest BCUT2D eigenvalue weighted by molar-refractivity contribution is 5.40. The number of hydrogen-bond acceptors (Lipinski definition) is 5. The lowest BCUT2D eigenvalue weighted by Crippen LogP contribution is -2.32. The first-order valence-electron chi connectivity index (χ1n) is 9.50. The molecule has 0 bridgehead atoms. The van der Waals surface area contributed by atoms with Crippen molar-refractivity contribution in [1.82, 2.24) is 15.2 Å². The predicted molar refractivity (Wildman–Crippen MR) is 111 cm³/mol. The van der Waals surface area contributed by atoms with Gasteiger partial charge in [-0.3, -0.25) is 0 Å². The molecule has 0 amide bonds. The van der Waals surface area contributed by atoms with Crippen LogP contribution in [-0.4, -0.2) is 27.8 Å². The van der Waals surface area contributed by atoms with E-state index in [0.717, 1.165) is 31.7 Å². The monoisotopic (exact) mass is 361 g/mol. The Balaban J connectivity index is 1.59. The van der Waals surface area contributed by atoms with Crippen molar-refractivity contribution in [1.29, 1.82) is 0 Å². The second kappa shape index (κ2) is 9.67. The van der Waals surface area contributed by atoms with Gasteiger partial charge in [0.25, 0.3) is 0 Å². The minimum Gasteiger partial charge on any atom is -0.369 e. The van der Waals surface area contributed by atoms with Crippen LogP contribution in [0.2, 0.25) is 0 Å². The van der Waals surface area contributed by atoms with E-state index >= 15 is 0 Å². The summed E-state index contributed by atoms with van der Waals surface area (Å²) >= 11 is 0. The van der Waals surface area contributed by atoms with Gasteiger partial charge in [0.05, 0.1) is 6.20 Å². The molecule has 3 rings (SSSR count). The van der Waals surface area contributed by atoms with Gasteiger partial charge in [0.1, 0.15) is 0 Å². The van der Waals surface area contributed by atoms with Gasteiger partial charge < -0.3 is 10.2 Å². The summed E-state index contributed by atoms with van der Waals surface area (Å²) in [6, 6.07) is 21.2. The standard InChI is InChI=1S/C22H27N5/c1-18(2)27(17-20-12-7-4-8-13-20)22-25-21(16-24-26-22)23-15-9-14-19-10-5-3-6-11-19/h3-8,10-13,16,18H,9,14-15,17H2,1-2H3,(H,23,25,26). The smallest absolute Gasteiger partial charge is 0.247 e. The maximum absolute atomic E-state index is 4.68. The molecule has 5 heteroatoms. The molecule has 1 N–H and O–H groups in total. The molecule has 0 aliphatic heterocycles. The van der Waals surface area contributed by atoms with Gasteiger partial charge in [-0.15, -0.1) is 5.10 Å². The van der Waals surface area contributed by atoms with Gasteiger partial charge in [-0.1, -0.05) is 60.7 Å². The molecule has 2 aromatic carbocycles. The number of rotatable bonds is 9. The highest BCUT2D eigenvalue weighted by Crippen LogP contribution is 2.16. The second-order valence-electron chi connectivity index (χ2n) is 6.86. The lowest BCUT2D eigenvalue weighted by Gasteiger charge is -2.26. The molecule has 0 spiro atoms. The Morgan fingerprint density at radius 2 is 1.59 bits per heavy atom. The third-order valence-corrected chi connectivity index (χ3v) is 4.41. The predicted octanol–water partition coefficient (Wildman–Crippen LogP) is 4.33. The lowest BCUT2D eigenvalue weighted by atomic mass is 10.1. The van der Waals surface area contributed by atoms with Crippen LogP contribution in [-0.2, 0) is 13.0 Å². The average Bonchev–Trinajstić information content (AvgIpc) is 2.71. The van der Waals surface area contributed by atoms with Gasteiger partial charge >= 0.3 is 0 Å². The van der Waals surface area contributed by atoms with Crippen molar-refractivity contribution in [3.63, 3.8) is 0 Å². The molecule has 5 nitrogen and oxygen atoms in total. The molecule has 0 saturated heterocycles. The Morgan fingerprint density at radius 3 is 2.26 bits per heavy atom. The summed E-state index contributed by atoms with van der Waals surface area (Å²) in [6.07, 6.45) is 3.78. The fourth-order valence-electron chi connectivity index (χ4n) is 2.92. The summed E-state index contributed by atoms with van der Waals surface area (Å²) in [5.41, 5.74) is 2.59. The molecule has 1 heterocycles. The quantitative estimate of drug-likeness (QED) is 0.575. The molecule has 0 saturated carbocycles. The third-order valence-electron chi connectivity index (χ3n) is 4.41. The zero-order chi connectivity index (χ0) is 18.9. The van der Waals surface area contributed by atoms with Crippen LogP contribution >= 0.6 is 0 Å². The van der Waals surface area contributed by atoms with Crippen LogP contribution in [0, 0.1) is 0 Å². The fraction of sp³-hybridized carbons (Fsp3) is 0.318. The van der Waals surface area contributed by atoms with Gasteiger partial charge in [0, 0.05) is 19.1 Å². The van der Waals surface area contributed by atoms with Crippen LogP contribution in [0.15, 0.2) is 66.9 Å². The molecule has 27 heavy (non-hydrogen) atoms. The van der Waals surface area contributed by atoms with Crippen molar-refractivity contribution in [2.45, 2.75) is 39.3 Å². The highest BCUT2D eigenvalue weighted by Gasteiger charge is 2.15. The topological polar surface area (TPSA) is 53.9 Å². The molecular formula is C22H27N5. The number of benzene rings is 2. The number of hydrogen-bond donors (Lipinski definition) is 1. The van der Waals surface area contributed by atoms with Crippen LogP contribution in [0.3, 0.4) is 0 Å². The van der Waals surface area contributed by atoms with Gasteiger partial charge in [0.15, 0.2) is 5.82 Å². The largest absolute Gasteiger partial charge is 0.369 e. The molecule has 0 radical (unpaired) electrons. The van der Waals surface area contributed by atoms with Gasteiger partial charge in [-0.2, -0.15) is 10.1 Å². The van der Waals surface area contributed by atoms with E-state index in [9.17, 15) is 0 Å². The fourth-order valence-corrected chi connectivity index (χ4v) is 2.92. The van der Waals surface area contributed by atoms with E-state index in [1.165, 1.54) is 11.1 Å². The number of nitrogens with one attached hydrogen (secondary N) is 1. The molecule has 3 aromatic rings. The van der Waals surface area contributed by atoms with Crippen LogP contribution in [0.25, 0.3) is 0 Å². The van der Waals surface area contributed by atoms with Crippen molar-refractivity contribution < 1.29 is 0 Å². The minimum absolute atomic E-state index is 0.278. The van der Waals surface area contributed by atoms with E-state index in [4.69, 9.17) is 0 Å². The first kappa shape index (κ1) is 18.8. The molecular weight excluding hydrogens is 334 g/mol. The van der Waals surface area contributed by atoms with Crippen molar-refractivity contribution in [2.75, 3.05) is 16.8 Å². The van der Waals surface area contributed by atoms with Crippen LogP contribution in [0.1, 0.15) is 31.4 Å². The van der Waals surface area contributed by atoms with E-state index in [-0.39, 0.29) is 6.04 Å². The second-order valence-corrected chi connectivity index (χ2v) is 6.86. The molecule has 0 unspecified atom stereocenters. The van der Waals surface area contributed by atoms with Crippen LogP contribution in [0.4, 0.5) is 11.8 Å². The Morgan fingerprint density at radius 1 is 0.926 bits per heavy atom. The van der Waals surface area contributed by atoms with Gasteiger partial charge in [-0.05, 0) is 37.8 Å². The van der Waals surface area contributed by atoms with Gasteiger partial charge in [-0.25, -0.2) is 0 Å². The zero-order valence-electron chi connectivity index (χ0n) is 16.0. The van der Waals surface area contributed by atoms with E-state index in [1.54, 1.807) is 6.20 Å². The normalized spacial score (nSPS) is 10.8. The summed E-state index contributed by atoms with van der Waals surface area (Å²) in [7, 11) is 0. The number of anilines is 2. The zero-order valence-corrected chi connectivity index (χ0v) is 16.0. The molecule has 0 fully saturated rings. The SMILES string of the molecule is CC(C)N(Cc1ccccc1)c1nncc(NCCCc2ccccc2)n1. The molecule has 0 atom stereocenters. The Bertz CT molecular complexity index is 805. The van der Waals surface area contributed by atoms with Crippen molar-refractivity contribution in [3.8, 4) is 0 Å². The summed E-state index contributed by atoms with van der Waals surface area (Å²) in [6.45, 7) is 5.91. The number of nitrogens with zero attached hydrogens (tertiary/aromatic N) is 4. The van der Waals surface area contributed by atoms with E-state index < -0.39 is 0 Å². The summed E-state index contributed by atoms with van der Waals surface area (Å²) in [4.78, 5) is 6.84.